The SMILES string of the molecule is CCOc1ccccc1C(N)Cc1ncnn1C(C)C. The van der Waals surface area contributed by atoms with Crippen molar-refractivity contribution in [3.8, 4) is 5.75 Å². The van der Waals surface area contributed by atoms with E-state index in [1.54, 1.807) is 6.33 Å². The second kappa shape index (κ2) is 6.52. The van der Waals surface area contributed by atoms with Crippen LogP contribution in [0.4, 0.5) is 0 Å². The molecule has 0 aliphatic carbocycles. The Morgan fingerprint density at radius 1 is 1.30 bits per heavy atom. The van der Waals surface area contributed by atoms with E-state index >= 15 is 0 Å². The van der Waals surface area contributed by atoms with Crippen LogP contribution in [0.1, 0.15) is 44.2 Å². The van der Waals surface area contributed by atoms with Gasteiger partial charge in [0.25, 0.3) is 0 Å². The Balaban J connectivity index is 2.19. The zero-order chi connectivity index (χ0) is 14.5. The Bertz CT molecular complexity index is 550. The number of para-hydroxylation sites is 1. The fourth-order valence-corrected chi connectivity index (χ4v) is 2.23. The predicted molar refractivity (Wildman–Crippen MR) is 78.7 cm³/mol. The van der Waals surface area contributed by atoms with Gasteiger partial charge in [0.05, 0.1) is 6.61 Å². The fraction of sp³-hybridized carbons (Fsp3) is 0.467. The highest BCUT2D eigenvalue weighted by Gasteiger charge is 2.16. The number of hydrogen-bond acceptors (Lipinski definition) is 4. The Morgan fingerprint density at radius 2 is 2.05 bits per heavy atom. The third-order valence-electron chi connectivity index (χ3n) is 3.16. The predicted octanol–water partition coefficient (Wildman–Crippen LogP) is 2.50. The number of aromatic nitrogens is 3. The van der Waals surface area contributed by atoms with Gasteiger partial charge in [0.1, 0.15) is 17.9 Å². The van der Waals surface area contributed by atoms with Crippen molar-refractivity contribution in [2.75, 3.05) is 6.61 Å². The molecular weight excluding hydrogens is 252 g/mol. The van der Waals surface area contributed by atoms with Crippen LogP contribution in [0.3, 0.4) is 0 Å². The smallest absolute Gasteiger partial charge is 0.138 e. The summed E-state index contributed by atoms with van der Waals surface area (Å²) in [6.45, 7) is 6.76. The molecule has 5 nitrogen and oxygen atoms in total. The minimum Gasteiger partial charge on any atom is -0.494 e. The third kappa shape index (κ3) is 3.17. The first-order chi connectivity index (χ1) is 9.63. The molecule has 2 aromatic rings. The summed E-state index contributed by atoms with van der Waals surface area (Å²) >= 11 is 0. The lowest BCUT2D eigenvalue weighted by atomic mass is 10.0. The molecule has 0 bridgehead atoms. The molecule has 0 radical (unpaired) electrons. The number of rotatable bonds is 6. The van der Waals surface area contributed by atoms with Gasteiger partial charge in [-0.15, -0.1) is 0 Å². The number of hydrogen-bond donors (Lipinski definition) is 1. The molecule has 2 N–H and O–H groups in total. The molecule has 1 unspecified atom stereocenters. The lowest BCUT2D eigenvalue weighted by Gasteiger charge is -2.17. The van der Waals surface area contributed by atoms with Crippen molar-refractivity contribution in [1.29, 1.82) is 0 Å². The van der Waals surface area contributed by atoms with E-state index in [2.05, 4.69) is 23.9 Å². The molecular formula is C15H22N4O. The normalized spacial score (nSPS) is 12.7. The van der Waals surface area contributed by atoms with Gasteiger partial charge in [-0.2, -0.15) is 5.10 Å². The molecule has 0 saturated heterocycles. The van der Waals surface area contributed by atoms with Crippen molar-refractivity contribution in [1.82, 2.24) is 14.8 Å². The fourth-order valence-electron chi connectivity index (χ4n) is 2.23. The van der Waals surface area contributed by atoms with E-state index in [1.165, 1.54) is 0 Å². The quantitative estimate of drug-likeness (QED) is 0.879. The van der Waals surface area contributed by atoms with E-state index in [0.29, 0.717) is 13.0 Å². The van der Waals surface area contributed by atoms with Crippen molar-refractivity contribution in [2.45, 2.75) is 39.3 Å². The van der Waals surface area contributed by atoms with Crippen molar-refractivity contribution >= 4 is 0 Å². The van der Waals surface area contributed by atoms with Crippen LogP contribution < -0.4 is 10.5 Å². The molecule has 0 saturated carbocycles. The van der Waals surface area contributed by atoms with Crippen LogP contribution in [0.2, 0.25) is 0 Å². The monoisotopic (exact) mass is 274 g/mol. The van der Waals surface area contributed by atoms with Gasteiger partial charge >= 0.3 is 0 Å². The first-order valence-electron chi connectivity index (χ1n) is 6.99. The maximum atomic E-state index is 6.33. The first kappa shape index (κ1) is 14.5. The molecule has 0 aliphatic heterocycles. The van der Waals surface area contributed by atoms with E-state index in [-0.39, 0.29) is 12.1 Å². The molecule has 108 valence electrons. The van der Waals surface area contributed by atoms with Gasteiger partial charge in [-0.1, -0.05) is 18.2 Å². The highest BCUT2D eigenvalue weighted by molar-refractivity contribution is 5.36. The molecule has 1 atom stereocenters. The molecule has 0 aliphatic rings. The zero-order valence-corrected chi connectivity index (χ0v) is 12.3. The standard InChI is InChI=1S/C15H22N4O/c1-4-20-14-8-6-5-7-12(14)13(16)9-15-17-10-18-19(15)11(2)3/h5-8,10-11,13H,4,9,16H2,1-3H3. The average molecular weight is 274 g/mol. The van der Waals surface area contributed by atoms with Crippen LogP contribution in [-0.4, -0.2) is 21.4 Å². The van der Waals surface area contributed by atoms with Gasteiger partial charge in [-0.05, 0) is 26.8 Å². The van der Waals surface area contributed by atoms with Gasteiger partial charge in [0, 0.05) is 24.1 Å². The summed E-state index contributed by atoms with van der Waals surface area (Å²) in [5.41, 5.74) is 7.33. The molecule has 1 aromatic heterocycles. The molecule has 1 heterocycles. The zero-order valence-electron chi connectivity index (χ0n) is 12.3. The first-order valence-corrected chi connectivity index (χ1v) is 6.99. The minimum atomic E-state index is -0.153. The van der Waals surface area contributed by atoms with E-state index in [4.69, 9.17) is 10.5 Å². The number of benzene rings is 1. The van der Waals surface area contributed by atoms with Crippen molar-refractivity contribution in [2.24, 2.45) is 5.73 Å². The second-order valence-corrected chi connectivity index (χ2v) is 5.00. The summed E-state index contributed by atoms with van der Waals surface area (Å²) in [7, 11) is 0. The summed E-state index contributed by atoms with van der Waals surface area (Å²) in [5.74, 6) is 1.75. The van der Waals surface area contributed by atoms with E-state index in [9.17, 15) is 0 Å². The van der Waals surface area contributed by atoms with Crippen LogP contribution in [-0.2, 0) is 6.42 Å². The third-order valence-corrected chi connectivity index (χ3v) is 3.16. The van der Waals surface area contributed by atoms with Gasteiger partial charge in [0.15, 0.2) is 0 Å². The van der Waals surface area contributed by atoms with Crippen molar-refractivity contribution in [3.05, 3.63) is 42.0 Å². The molecule has 20 heavy (non-hydrogen) atoms. The highest BCUT2D eigenvalue weighted by Crippen LogP contribution is 2.26. The lowest BCUT2D eigenvalue weighted by molar-refractivity contribution is 0.333. The minimum absolute atomic E-state index is 0.153. The Hall–Kier alpha value is -1.88. The summed E-state index contributed by atoms with van der Waals surface area (Å²) in [5, 5.41) is 4.24. The molecule has 0 fully saturated rings. The van der Waals surface area contributed by atoms with Crippen LogP contribution in [0.25, 0.3) is 0 Å². The number of nitrogens with zero attached hydrogens (tertiary/aromatic N) is 3. The maximum Gasteiger partial charge on any atom is 0.138 e. The van der Waals surface area contributed by atoms with Crippen LogP contribution in [0.15, 0.2) is 30.6 Å². The Kier molecular flexibility index (Phi) is 4.74. The lowest BCUT2D eigenvalue weighted by Crippen LogP contribution is -2.18. The summed E-state index contributed by atoms with van der Waals surface area (Å²) < 4.78 is 7.54. The van der Waals surface area contributed by atoms with Crippen molar-refractivity contribution < 1.29 is 4.74 Å². The molecule has 0 spiro atoms. The largest absolute Gasteiger partial charge is 0.494 e. The molecule has 0 amide bonds. The molecule has 5 heteroatoms. The highest BCUT2D eigenvalue weighted by atomic mass is 16.5. The Morgan fingerprint density at radius 3 is 2.75 bits per heavy atom. The summed E-state index contributed by atoms with van der Waals surface area (Å²) in [6, 6.07) is 8.02. The molecule has 2 rings (SSSR count). The van der Waals surface area contributed by atoms with Crippen LogP contribution in [0, 0.1) is 0 Å². The van der Waals surface area contributed by atoms with Gasteiger partial charge in [0.2, 0.25) is 0 Å². The van der Waals surface area contributed by atoms with Gasteiger partial charge in [-0.3, -0.25) is 0 Å². The topological polar surface area (TPSA) is 66.0 Å². The van der Waals surface area contributed by atoms with E-state index in [0.717, 1.165) is 17.1 Å². The van der Waals surface area contributed by atoms with Gasteiger partial charge < -0.3 is 10.5 Å². The maximum absolute atomic E-state index is 6.33. The van der Waals surface area contributed by atoms with Gasteiger partial charge in [-0.25, -0.2) is 9.67 Å². The van der Waals surface area contributed by atoms with E-state index < -0.39 is 0 Å². The summed E-state index contributed by atoms with van der Waals surface area (Å²) in [4.78, 5) is 4.31. The van der Waals surface area contributed by atoms with Crippen molar-refractivity contribution in [3.63, 3.8) is 0 Å². The average Bonchev–Trinajstić information content (AvgIpc) is 2.88. The van der Waals surface area contributed by atoms with E-state index in [1.807, 2.05) is 35.9 Å². The second-order valence-electron chi connectivity index (χ2n) is 5.00. The number of ether oxygens (including phenoxy) is 1. The van der Waals surface area contributed by atoms with Crippen LogP contribution >= 0.6 is 0 Å². The summed E-state index contributed by atoms with van der Waals surface area (Å²) in [6.07, 6.45) is 2.22. The molecule has 1 aromatic carbocycles. The Labute approximate surface area is 119 Å². The van der Waals surface area contributed by atoms with Crippen LogP contribution in [0.5, 0.6) is 5.75 Å². The number of nitrogens with two attached hydrogens (primary N) is 1.